The molecule has 60 valence electrons. The molecule has 4 nitrogen and oxygen atoms in total. The van der Waals surface area contributed by atoms with Crippen molar-refractivity contribution in [1.82, 2.24) is 0 Å². The fourth-order valence-corrected chi connectivity index (χ4v) is 0.677. The van der Waals surface area contributed by atoms with Crippen molar-refractivity contribution < 1.29 is 49.0 Å². The molecule has 0 heterocycles. The van der Waals surface area contributed by atoms with Gasteiger partial charge in [0.25, 0.3) is 0 Å². The predicted molar refractivity (Wildman–Crippen MR) is 12.1 cm³/mol. The molecular formula is C2F3IO4. The third-order valence-electron chi connectivity index (χ3n) is 0.365. The van der Waals surface area contributed by atoms with Crippen molar-refractivity contribution in [2.75, 3.05) is 0 Å². The summed E-state index contributed by atoms with van der Waals surface area (Å²) in [7, 11) is 0. The molecular weight excluding hydrogens is 272 g/mol. The standard InChI is InChI=1S/C2F3IO4/c3-2(4,5)1(7)10-6(8)9. The van der Waals surface area contributed by atoms with Gasteiger partial charge in [0, 0.05) is 0 Å². The van der Waals surface area contributed by atoms with Crippen LogP contribution in [-0.2, 0) is 7.86 Å². The van der Waals surface area contributed by atoms with E-state index in [4.69, 9.17) is 0 Å². The van der Waals surface area contributed by atoms with Gasteiger partial charge in [-0.25, -0.2) is 4.79 Å². The quantitative estimate of drug-likeness (QED) is 0.449. The van der Waals surface area contributed by atoms with Crippen LogP contribution in [0.15, 0.2) is 0 Å². The fourth-order valence-electron chi connectivity index (χ4n) is 0.101. The monoisotopic (exact) mass is 272 g/mol. The van der Waals surface area contributed by atoms with Crippen molar-refractivity contribution in [2.24, 2.45) is 0 Å². The van der Waals surface area contributed by atoms with Gasteiger partial charge >= 0.3 is 33.2 Å². The zero-order chi connectivity index (χ0) is 8.36. The number of hydrogen-bond donors (Lipinski definition) is 0. The summed E-state index contributed by atoms with van der Waals surface area (Å²) in [5.74, 6) is -2.69. The minimum atomic E-state index is -5.23. The van der Waals surface area contributed by atoms with E-state index in [0.29, 0.717) is 0 Å². The zero-order valence-corrected chi connectivity index (χ0v) is 6.30. The summed E-state index contributed by atoms with van der Waals surface area (Å²) in [5.41, 5.74) is 0. The summed E-state index contributed by atoms with van der Waals surface area (Å²) in [6, 6.07) is 0. The maximum absolute atomic E-state index is 11.1. The largest absolute Gasteiger partial charge is 0.575 e. The van der Waals surface area contributed by atoms with Crippen LogP contribution in [-0.4, -0.2) is 12.1 Å². The normalized spacial score (nSPS) is 11.8. The Bertz CT molecular complexity index is 131. The zero-order valence-electron chi connectivity index (χ0n) is 4.14. The Kier molecular flexibility index (Phi) is 3.31. The number of rotatable bonds is 1. The molecule has 0 unspecified atom stereocenters. The number of halogens is 4. The highest BCUT2D eigenvalue weighted by atomic mass is 127. The predicted octanol–water partition coefficient (Wildman–Crippen LogP) is -4.82. The van der Waals surface area contributed by atoms with E-state index in [1.54, 1.807) is 0 Å². The van der Waals surface area contributed by atoms with E-state index in [1.165, 1.54) is 0 Å². The van der Waals surface area contributed by atoms with Gasteiger partial charge in [0.05, 0.1) is 0 Å². The molecule has 0 bridgehead atoms. The maximum atomic E-state index is 11.1. The van der Waals surface area contributed by atoms with Crippen LogP contribution in [0.4, 0.5) is 13.2 Å². The molecule has 0 rings (SSSR count). The number of alkyl halides is 3. The molecule has 0 atom stereocenters. The highest BCUT2D eigenvalue weighted by molar-refractivity contribution is 5.74. The van der Waals surface area contributed by atoms with Gasteiger partial charge in [-0.3, -0.25) is 0 Å². The van der Waals surface area contributed by atoms with Crippen molar-refractivity contribution in [3.63, 3.8) is 0 Å². The van der Waals surface area contributed by atoms with E-state index in [2.05, 4.69) is 3.07 Å². The minimum absolute atomic E-state index is 2.69. The van der Waals surface area contributed by atoms with Crippen molar-refractivity contribution in [3.8, 4) is 0 Å². The van der Waals surface area contributed by atoms with Crippen LogP contribution >= 0.6 is 0 Å². The molecule has 0 saturated heterocycles. The van der Waals surface area contributed by atoms with Crippen LogP contribution in [0.2, 0.25) is 0 Å². The Hall–Kier alpha value is -0.0900. The smallest absolute Gasteiger partial charge is 0.385 e. The maximum Gasteiger partial charge on any atom is 0.575 e. The van der Waals surface area contributed by atoms with E-state index in [9.17, 15) is 24.8 Å². The molecule has 0 spiro atoms. The average Bonchev–Trinajstić information content (AvgIpc) is 1.60. The summed E-state index contributed by atoms with van der Waals surface area (Å²) in [4.78, 5) is 9.57. The van der Waals surface area contributed by atoms with Gasteiger partial charge in [0.2, 0.25) is 0 Å². The molecule has 0 radical (unpaired) electrons. The number of carbonyl (C=O) groups is 1. The second-order valence-electron chi connectivity index (χ2n) is 1.05. The molecule has 0 amide bonds. The second kappa shape index (κ2) is 3.34. The summed E-state index contributed by atoms with van der Waals surface area (Å²) in [6.07, 6.45) is -5.23. The lowest BCUT2D eigenvalue weighted by Crippen LogP contribution is -3.99. The minimum Gasteiger partial charge on any atom is -0.385 e. The van der Waals surface area contributed by atoms with Crippen LogP contribution < -0.4 is 27.9 Å². The number of carbonyl (C=O) groups excluding carboxylic acids is 1. The molecule has 0 aromatic carbocycles. The molecule has 0 aromatic rings. The van der Waals surface area contributed by atoms with Crippen LogP contribution in [0.1, 0.15) is 0 Å². The van der Waals surface area contributed by atoms with E-state index in [1.807, 2.05) is 0 Å². The van der Waals surface area contributed by atoms with Crippen molar-refractivity contribution in [3.05, 3.63) is 0 Å². The first-order chi connectivity index (χ1) is 4.34. The third kappa shape index (κ3) is 3.85. The molecule has 0 aromatic heterocycles. The summed E-state index contributed by atoms with van der Waals surface area (Å²) >= 11 is -4.55. The van der Waals surface area contributed by atoms with Gasteiger partial charge in [-0.15, -0.1) is 0 Å². The van der Waals surface area contributed by atoms with E-state index in [0.717, 1.165) is 0 Å². The molecule has 10 heavy (non-hydrogen) atoms. The Morgan fingerprint density at radius 1 is 1.40 bits per heavy atom. The van der Waals surface area contributed by atoms with Crippen molar-refractivity contribution >= 4 is 5.97 Å². The third-order valence-corrected chi connectivity index (χ3v) is 1.12. The van der Waals surface area contributed by atoms with Gasteiger partial charge in [0.15, 0.2) is 0 Å². The highest BCUT2D eigenvalue weighted by Crippen LogP contribution is 2.14. The first-order valence-corrected chi connectivity index (χ1v) is 4.33. The van der Waals surface area contributed by atoms with E-state index < -0.39 is 33.2 Å². The van der Waals surface area contributed by atoms with Gasteiger partial charge in [-0.1, -0.05) is 3.07 Å². The fraction of sp³-hybridized carbons (Fsp3) is 0.500. The Balaban J connectivity index is 3.87. The molecule has 0 aliphatic rings. The Morgan fingerprint density at radius 3 is 1.90 bits per heavy atom. The van der Waals surface area contributed by atoms with Crippen molar-refractivity contribution in [1.29, 1.82) is 0 Å². The van der Waals surface area contributed by atoms with Gasteiger partial charge in [0.1, 0.15) is 0 Å². The average molecular weight is 272 g/mol. The van der Waals surface area contributed by atoms with Gasteiger partial charge < -0.3 is 6.87 Å². The Labute approximate surface area is 61.6 Å². The first kappa shape index (κ1) is 9.91. The first-order valence-electron chi connectivity index (χ1n) is 1.69. The van der Waals surface area contributed by atoms with Crippen molar-refractivity contribution in [2.45, 2.75) is 6.18 Å². The topological polar surface area (TPSA) is 72.4 Å². The van der Waals surface area contributed by atoms with E-state index in [-0.39, 0.29) is 0 Å². The van der Waals surface area contributed by atoms with Crippen LogP contribution in [0.3, 0.4) is 0 Å². The highest BCUT2D eigenvalue weighted by Gasteiger charge is 2.48. The van der Waals surface area contributed by atoms with Crippen LogP contribution in [0, 0.1) is 0 Å². The van der Waals surface area contributed by atoms with Crippen LogP contribution in [0.5, 0.6) is 0 Å². The molecule has 8 heteroatoms. The van der Waals surface area contributed by atoms with E-state index >= 15 is 0 Å². The second-order valence-corrected chi connectivity index (χ2v) is 2.57. The SMILES string of the molecule is O=C(O[I+2]([O-])[O-])C(F)(F)F. The molecule has 0 N–H and O–H groups in total. The summed E-state index contributed by atoms with van der Waals surface area (Å²) < 4.78 is 55.0. The number of hydrogen-bond acceptors (Lipinski definition) is 4. The molecule has 0 aliphatic carbocycles. The molecule has 0 aliphatic heterocycles. The molecule has 0 saturated carbocycles. The lowest BCUT2D eigenvalue weighted by atomic mass is 10.7. The Morgan fingerprint density at radius 2 is 1.80 bits per heavy atom. The lowest BCUT2D eigenvalue weighted by molar-refractivity contribution is -1.62. The molecule has 0 fully saturated rings. The summed E-state index contributed by atoms with van der Waals surface area (Å²) in [5, 5.41) is 0. The lowest BCUT2D eigenvalue weighted by Gasteiger charge is -1.96. The van der Waals surface area contributed by atoms with Gasteiger partial charge in [-0.2, -0.15) is 13.2 Å². The van der Waals surface area contributed by atoms with Gasteiger partial charge in [-0.05, 0) is 0 Å². The van der Waals surface area contributed by atoms with Crippen LogP contribution in [0.25, 0.3) is 0 Å². The summed E-state index contributed by atoms with van der Waals surface area (Å²) in [6.45, 7) is 0.